The lowest BCUT2D eigenvalue weighted by molar-refractivity contribution is -0.139. The van der Waals surface area contributed by atoms with E-state index < -0.39 is 18.0 Å². The van der Waals surface area contributed by atoms with Gasteiger partial charge in [0.1, 0.15) is 6.04 Å². The molecule has 3 N–H and O–H groups in total. The predicted molar refractivity (Wildman–Crippen MR) is 79.1 cm³/mol. The van der Waals surface area contributed by atoms with Crippen LogP contribution in [0.5, 0.6) is 0 Å². The zero-order chi connectivity index (χ0) is 15.3. The Labute approximate surface area is 124 Å². The number of hydrogen-bond acceptors (Lipinski definition) is 4. The van der Waals surface area contributed by atoms with E-state index in [1.54, 1.807) is 18.9 Å². The van der Waals surface area contributed by atoms with E-state index in [1.807, 2.05) is 20.1 Å². The Bertz CT molecular complexity index is 362. The molecule has 1 aliphatic rings. The summed E-state index contributed by atoms with van der Waals surface area (Å²) < 4.78 is 5.32. The van der Waals surface area contributed by atoms with Gasteiger partial charge in [-0.2, -0.15) is 11.8 Å². The maximum Gasteiger partial charge on any atom is 0.326 e. The Kier molecular flexibility index (Phi) is 6.13. The Morgan fingerprint density at radius 2 is 2.15 bits per heavy atom. The van der Waals surface area contributed by atoms with Crippen LogP contribution in [0.4, 0.5) is 4.79 Å². The third kappa shape index (κ3) is 4.02. The van der Waals surface area contributed by atoms with Crippen LogP contribution in [-0.4, -0.2) is 54.4 Å². The van der Waals surface area contributed by atoms with E-state index in [0.717, 1.165) is 6.42 Å². The highest BCUT2D eigenvalue weighted by Gasteiger charge is 2.49. The molecule has 0 aliphatic heterocycles. The molecule has 6 nitrogen and oxygen atoms in total. The first-order valence-electron chi connectivity index (χ1n) is 6.64. The quantitative estimate of drug-likeness (QED) is 0.660. The van der Waals surface area contributed by atoms with Crippen LogP contribution >= 0.6 is 11.8 Å². The largest absolute Gasteiger partial charge is 0.480 e. The van der Waals surface area contributed by atoms with E-state index >= 15 is 0 Å². The number of nitrogens with one attached hydrogen (secondary N) is 2. The molecule has 1 fully saturated rings. The summed E-state index contributed by atoms with van der Waals surface area (Å²) in [4.78, 5) is 22.9. The molecule has 1 rings (SSSR count). The van der Waals surface area contributed by atoms with Crippen LogP contribution in [0.3, 0.4) is 0 Å². The van der Waals surface area contributed by atoms with Crippen molar-refractivity contribution in [2.45, 2.75) is 44.9 Å². The highest BCUT2D eigenvalue weighted by atomic mass is 32.2. The second-order valence-corrected chi connectivity index (χ2v) is 6.61. The Balaban J connectivity index is 2.45. The third-order valence-electron chi connectivity index (χ3n) is 3.98. The van der Waals surface area contributed by atoms with Crippen molar-refractivity contribution in [2.24, 2.45) is 5.41 Å². The van der Waals surface area contributed by atoms with Gasteiger partial charge in [0.15, 0.2) is 0 Å². The molecule has 1 saturated carbocycles. The molecule has 0 heterocycles. The summed E-state index contributed by atoms with van der Waals surface area (Å²) in [7, 11) is 1.66. The van der Waals surface area contributed by atoms with Gasteiger partial charge in [-0.05, 0) is 24.9 Å². The Hall–Kier alpha value is -0.950. The third-order valence-corrected chi connectivity index (χ3v) is 4.63. The molecule has 0 spiro atoms. The SMILES string of the molecule is COC1CC(NC(=O)N[C@@H](CCSC)C(=O)O)C1(C)C. The second kappa shape index (κ2) is 7.17. The molecule has 0 bridgehead atoms. The molecule has 0 aromatic carbocycles. The first-order chi connectivity index (χ1) is 9.32. The summed E-state index contributed by atoms with van der Waals surface area (Å²) in [5, 5.41) is 14.4. The van der Waals surface area contributed by atoms with Crippen molar-refractivity contribution in [1.29, 1.82) is 0 Å². The molecular formula is C13H24N2O4S. The smallest absolute Gasteiger partial charge is 0.326 e. The summed E-state index contributed by atoms with van der Waals surface area (Å²) in [6.45, 7) is 4.05. The monoisotopic (exact) mass is 304 g/mol. The minimum atomic E-state index is -1.00. The average molecular weight is 304 g/mol. The molecule has 2 unspecified atom stereocenters. The molecule has 2 amide bonds. The van der Waals surface area contributed by atoms with Crippen LogP contribution in [0.25, 0.3) is 0 Å². The fraction of sp³-hybridized carbons (Fsp3) is 0.846. The Morgan fingerprint density at radius 1 is 1.50 bits per heavy atom. The fourth-order valence-corrected chi connectivity index (χ4v) is 2.85. The van der Waals surface area contributed by atoms with E-state index in [1.165, 1.54) is 0 Å². The number of ether oxygens (including phenoxy) is 1. The standard InChI is InChI=1S/C13H24N2O4S/c1-13(2)9(7-10(13)19-3)15-12(18)14-8(11(16)17)5-6-20-4/h8-10H,5-7H2,1-4H3,(H,16,17)(H2,14,15,18)/t8-,9?,10?/m0/s1. The van der Waals surface area contributed by atoms with E-state index in [0.29, 0.717) is 12.2 Å². The van der Waals surface area contributed by atoms with Gasteiger partial charge in [-0.25, -0.2) is 9.59 Å². The number of aliphatic carboxylic acids is 1. The molecule has 116 valence electrons. The van der Waals surface area contributed by atoms with Crippen molar-refractivity contribution in [1.82, 2.24) is 10.6 Å². The molecule has 0 aromatic heterocycles. The number of carboxylic acid groups (broad SMARTS) is 1. The lowest BCUT2D eigenvalue weighted by atomic mass is 9.64. The van der Waals surface area contributed by atoms with E-state index in [4.69, 9.17) is 9.84 Å². The van der Waals surface area contributed by atoms with Crippen LogP contribution < -0.4 is 10.6 Å². The number of urea groups is 1. The number of methoxy groups -OCH3 is 1. The van der Waals surface area contributed by atoms with Crippen molar-refractivity contribution in [3.63, 3.8) is 0 Å². The number of carbonyl (C=O) groups excluding carboxylic acids is 1. The van der Waals surface area contributed by atoms with Gasteiger partial charge >= 0.3 is 12.0 Å². The minimum Gasteiger partial charge on any atom is -0.480 e. The number of carbonyl (C=O) groups is 2. The van der Waals surface area contributed by atoms with Crippen molar-refractivity contribution in [2.75, 3.05) is 19.1 Å². The van der Waals surface area contributed by atoms with Gasteiger partial charge in [0.2, 0.25) is 0 Å². The van der Waals surface area contributed by atoms with Crippen molar-refractivity contribution in [3.8, 4) is 0 Å². The summed E-state index contributed by atoms with van der Waals surface area (Å²) in [6.07, 6.45) is 3.19. The number of hydrogen-bond donors (Lipinski definition) is 3. The van der Waals surface area contributed by atoms with E-state index in [-0.39, 0.29) is 17.6 Å². The molecular weight excluding hydrogens is 280 g/mol. The molecule has 0 radical (unpaired) electrons. The number of rotatable bonds is 7. The second-order valence-electron chi connectivity index (χ2n) is 5.62. The molecule has 7 heteroatoms. The van der Waals surface area contributed by atoms with Gasteiger partial charge in [0.25, 0.3) is 0 Å². The maximum absolute atomic E-state index is 11.9. The minimum absolute atomic E-state index is 0.00226. The van der Waals surface area contributed by atoms with Gasteiger partial charge in [-0.15, -0.1) is 0 Å². The first kappa shape index (κ1) is 17.1. The van der Waals surface area contributed by atoms with Crippen molar-refractivity contribution in [3.05, 3.63) is 0 Å². The van der Waals surface area contributed by atoms with Gasteiger partial charge in [-0.1, -0.05) is 13.8 Å². The number of thioether (sulfide) groups is 1. The summed E-state index contributed by atoms with van der Waals surface area (Å²) in [5.41, 5.74) is -0.135. The highest BCUT2D eigenvalue weighted by molar-refractivity contribution is 7.98. The van der Waals surface area contributed by atoms with Crippen LogP contribution in [0.15, 0.2) is 0 Å². The van der Waals surface area contributed by atoms with Crippen LogP contribution in [0, 0.1) is 5.41 Å². The molecule has 20 heavy (non-hydrogen) atoms. The van der Waals surface area contributed by atoms with Crippen molar-refractivity contribution >= 4 is 23.8 Å². The predicted octanol–water partition coefficient (Wildman–Crippen LogP) is 1.31. The zero-order valence-electron chi connectivity index (χ0n) is 12.4. The lowest BCUT2D eigenvalue weighted by Crippen LogP contribution is -2.63. The number of carboxylic acids is 1. The number of amides is 2. The summed E-state index contributed by atoms with van der Waals surface area (Å²) in [5.74, 6) is -0.311. The maximum atomic E-state index is 11.9. The van der Waals surface area contributed by atoms with Gasteiger partial charge < -0.3 is 20.5 Å². The fourth-order valence-electron chi connectivity index (χ4n) is 2.38. The van der Waals surface area contributed by atoms with Crippen LogP contribution in [-0.2, 0) is 9.53 Å². The van der Waals surface area contributed by atoms with E-state index in [2.05, 4.69) is 10.6 Å². The zero-order valence-corrected chi connectivity index (χ0v) is 13.3. The van der Waals surface area contributed by atoms with Crippen LogP contribution in [0.1, 0.15) is 26.7 Å². The van der Waals surface area contributed by atoms with Gasteiger partial charge in [0.05, 0.1) is 6.10 Å². The molecule has 0 aromatic rings. The molecule has 3 atom stereocenters. The van der Waals surface area contributed by atoms with Crippen molar-refractivity contribution < 1.29 is 19.4 Å². The van der Waals surface area contributed by atoms with E-state index in [9.17, 15) is 9.59 Å². The van der Waals surface area contributed by atoms with Crippen LogP contribution in [0.2, 0.25) is 0 Å². The summed E-state index contributed by atoms with van der Waals surface area (Å²) >= 11 is 1.56. The Morgan fingerprint density at radius 3 is 2.60 bits per heavy atom. The lowest BCUT2D eigenvalue weighted by Gasteiger charge is -2.51. The average Bonchev–Trinajstić information content (AvgIpc) is 2.38. The normalized spacial score (nSPS) is 25.4. The van der Waals surface area contributed by atoms with Gasteiger partial charge in [-0.3, -0.25) is 0 Å². The molecule has 0 saturated heterocycles. The molecule has 1 aliphatic carbocycles. The first-order valence-corrected chi connectivity index (χ1v) is 8.03. The topological polar surface area (TPSA) is 87.7 Å². The highest BCUT2D eigenvalue weighted by Crippen LogP contribution is 2.42. The summed E-state index contributed by atoms with van der Waals surface area (Å²) in [6, 6.07) is -1.27. The van der Waals surface area contributed by atoms with Gasteiger partial charge in [0, 0.05) is 18.6 Å².